The lowest BCUT2D eigenvalue weighted by Crippen LogP contribution is -2.12. The molecule has 1 nitrogen and oxygen atoms in total. The zero-order chi connectivity index (χ0) is 31.5. The Morgan fingerprint density at radius 1 is 0.362 bits per heavy atom. The van der Waals surface area contributed by atoms with Crippen LogP contribution in [0, 0.1) is 13.8 Å². The molecule has 0 heterocycles. The van der Waals surface area contributed by atoms with Gasteiger partial charge in [-0.15, -0.1) is 0 Å². The summed E-state index contributed by atoms with van der Waals surface area (Å²) in [5, 5.41) is 5.08. The normalized spacial score (nSPS) is 11.6. The van der Waals surface area contributed by atoms with Crippen LogP contribution in [0.5, 0.6) is 0 Å². The van der Waals surface area contributed by atoms with Crippen LogP contribution in [0.4, 0.5) is 17.1 Å². The summed E-state index contributed by atoms with van der Waals surface area (Å²) in [5.74, 6) is 0. The van der Waals surface area contributed by atoms with Crippen LogP contribution < -0.4 is 4.90 Å². The minimum absolute atomic E-state index is 1.16. The van der Waals surface area contributed by atoms with Crippen molar-refractivity contribution in [2.45, 2.75) is 13.8 Å². The first-order valence-electron chi connectivity index (χ1n) is 16.4. The van der Waals surface area contributed by atoms with Gasteiger partial charge in [-0.05, 0) is 127 Å². The highest BCUT2D eigenvalue weighted by Gasteiger charge is 2.32. The summed E-state index contributed by atoms with van der Waals surface area (Å²) in [6.45, 7) is 4.41. The number of rotatable bonds is 5. The Balaban J connectivity index is 1.31. The van der Waals surface area contributed by atoms with Crippen LogP contribution in [0.3, 0.4) is 0 Å². The number of fused-ring (bicyclic) bond motifs is 6. The summed E-state index contributed by atoms with van der Waals surface area (Å²) in [5.41, 5.74) is 16.6. The molecule has 1 aliphatic carbocycles. The van der Waals surface area contributed by atoms with Crippen molar-refractivity contribution in [1.82, 2.24) is 0 Å². The standard InChI is InChI=1S/C46H33N/c1-30-15-14-16-31(2)46(30)47(36-21-10-5-11-22-36)37-26-25-34-28-40-41(29-35(34)27-37)45-43(33-19-8-4-9-20-33)39-24-13-12-23-38(39)42(44(40)45)32-17-6-3-7-18-32/h3-29H,1-2H3. The van der Waals surface area contributed by atoms with Crippen LogP contribution in [0.15, 0.2) is 164 Å². The molecule has 9 rings (SSSR count). The van der Waals surface area contributed by atoms with Crippen molar-refractivity contribution in [3.8, 4) is 44.5 Å². The Bertz CT molecular complexity index is 2440. The molecule has 0 bridgehead atoms. The zero-order valence-electron chi connectivity index (χ0n) is 26.5. The topological polar surface area (TPSA) is 3.24 Å². The molecule has 0 aliphatic heterocycles. The Morgan fingerprint density at radius 2 is 0.851 bits per heavy atom. The molecule has 0 saturated carbocycles. The fourth-order valence-electron chi connectivity index (χ4n) is 7.70. The lowest BCUT2D eigenvalue weighted by Gasteiger charge is -2.33. The Morgan fingerprint density at radius 3 is 1.40 bits per heavy atom. The van der Waals surface area contributed by atoms with Crippen molar-refractivity contribution < 1.29 is 0 Å². The molecule has 8 aromatic rings. The average molecular weight is 600 g/mol. The van der Waals surface area contributed by atoms with Gasteiger partial charge in [0.15, 0.2) is 0 Å². The molecule has 47 heavy (non-hydrogen) atoms. The minimum Gasteiger partial charge on any atom is -0.310 e. The summed E-state index contributed by atoms with van der Waals surface area (Å²) in [4.78, 5) is 2.41. The first-order valence-corrected chi connectivity index (χ1v) is 16.4. The minimum atomic E-state index is 1.16. The number of aryl methyl sites for hydroxylation is 2. The van der Waals surface area contributed by atoms with E-state index in [0.717, 1.165) is 11.4 Å². The second-order valence-electron chi connectivity index (χ2n) is 12.6. The van der Waals surface area contributed by atoms with Crippen molar-refractivity contribution in [2.24, 2.45) is 0 Å². The first-order chi connectivity index (χ1) is 23.2. The average Bonchev–Trinajstić information content (AvgIpc) is 3.12. The number of hydrogen-bond donors (Lipinski definition) is 0. The van der Waals surface area contributed by atoms with Gasteiger partial charge in [0.25, 0.3) is 0 Å². The highest BCUT2D eigenvalue weighted by Crippen LogP contribution is 2.59. The number of nitrogens with zero attached hydrogens (tertiary/aromatic N) is 1. The van der Waals surface area contributed by atoms with E-state index in [0.29, 0.717) is 0 Å². The molecule has 0 saturated heterocycles. The van der Waals surface area contributed by atoms with Gasteiger partial charge in [0.2, 0.25) is 0 Å². The zero-order valence-corrected chi connectivity index (χ0v) is 26.5. The van der Waals surface area contributed by atoms with Gasteiger partial charge in [-0.2, -0.15) is 0 Å². The third-order valence-corrected chi connectivity index (χ3v) is 9.78. The summed E-state index contributed by atoms with van der Waals surface area (Å²) in [6, 6.07) is 59.8. The molecule has 0 atom stereocenters. The van der Waals surface area contributed by atoms with E-state index in [-0.39, 0.29) is 0 Å². The van der Waals surface area contributed by atoms with Crippen LogP contribution in [0.2, 0.25) is 0 Å². The van der Waals surface area contributed by atoms with E-state index in [9.17, 15) is 0 Å². The summed E-state index contributed by atoms with van der Waals surface area (Å²) < 4.78 is 0. The van der Waals surface area contributed by atoms with Crippen LogP contribution in [-0.4, -0.2) is 0 Å². The van der Waals surface area contributed by atoms with E-state index in [1.165, 1.54) is 82.9 Å². The molecule has 0 aromatic heterocycles. The maximum atomic E-state index is 2.43. The Labute approximate surface area is 276 Å². The van der Waals surface area contributed by atoms with Crippen molar-refractivity contribution in [2.75, 3.05) is 4.90 Å². The Hall–Kier alpha value is -5.92. The van der Waals surface area contributed by atoms with Crippen LogP contribution in [0.25, 0.3) is 66.1 Å². The molecule has 0 spiro atoms. The van der Waals surface area contributed by atoms with Gasteiger partial charge in [-0.25, -0.2) is 0 Å². The molecular weight excluding hydrogens is 567 g/mol. The van der Waals surface area contributed by atoms with Crippen LogP contribution in [-0.2, 0) is 0 Å². The first kappa shape index (κ1) is 27.4. The maximum absolute atomic E-state index is 2.43. The van der Waals surface area contributed by atoms with Gasteiger partial charge >= 0.3 is 0 Å². The van der Waals surface area contributed by atoms with Gasteiger partial charge in [0.05, 0.1) is 5.69 Å². The van der Waals surface area contributed by atoms with Gasteiger partial charge < -0.3 is 4.90 Å². The predicted octanol–water partition coefficient (Wildman–Crippen LogP) is 13.1. The van der Waals surface area contributed by atoms with E-state index < -0.39 is 0 Å². The van der Waals surface area contributed by atoms with Crippen LogP contribution in [0.1, 0.15) is 11.1 Å². The molecule has 222 valence electrons. The highest BCUT2D eigenvalue weighted by molar-refractivity contribution is 6.26. The van der Waals surface area contributed by atoms with Gasteiger partial charge in [0, 0.05) is 11.4 Å². The second kappa shape index (κ2) is 10.9. The van der Waals surface area contributed by atoms with Crippen molar-refractivity contribution >= 4 is 38.6 Å². The number of benzene rings is 8. The molecule has 1 heteroatoms. The van der Waals surface area contributed by atoms with E-state index in [2.05, 4.69) is 183 Å². The van der Waals surface area contributed by atoms with Gasteiger partial charge in [-0.3, -0.25) is 0 Å². The SMILES string of the molecule is Cc1cccc(C)c1N(c1ccccc1)c1ccc2cc3c(cc2c1)-c1c-3c(-c2ccccc2)c2ccccc2c1-c1ccccc1. The quantitative estimate of drug-likeness (QED) is 0.190. The number of anilines is 3. The molecule has 8 aromatic carbocycles. The molecule has 0 fully saturated rings. The lowest BCUT2D eigenvalue weighted by molar-refractivity contribution is 1.22. The molecule has 0 amide bonds. The fraction of sp³-hybridized carbons (Fsp3) is 0.0435. The largest absolute Gasteiger partial charge is 0.310 e. The predicted molar refractivity (Wildman–Crippen MR) is 201 cm³/mol. The van der Waals surface area contributed by atoms with Crippen molar-refractivity contribution in [3.63, 3.8) is 0 Å². The Kier molecular flexibility index (Phi) is 6.33. The summed E-state index contributed by atoms with van der Waals surface area (Å²) in [7, 11) is 0. The third kappa shape index (κ3) is 4.31. The van der Waals surface area contributed by atoms with Crippen LogP contribution >= 0.6 is 0 Å². The summed E-state index contributed by atoms with van der Waals surface area (Å²) >= 11 is 0. The number of hydrogen-bond acceptors (Lipinski definition) is 1. The summed E-state index contributed by atoms with van der Waals surface area (Å²) in [6.07, 6.45) is 0. The molecule has 1 aliphatic rings. The molecule has 0 radical (unpaired) electrons. The van der Waals surface area contributed by atoms with Gasteiger partial charge in [0.1, 0.15) is 0 Å². The lowest BCUT2D eigenvalue weighted by atomic mass is 9.70. The monoisotopic (exact) mass is 599 g/mol. The third-order valence-electron chi connectivity index (χ3n) is 9.78. The highest BCUT2D eigenvalue weighted by atomic mass is 15.1. The van der Waals surface area contributed by atoms with E-state index in [1.54, 1.807) is 0 Å². The molecule has 0 N–H and O–H groups in total. The second-order valence-corrected chi connectivity index (χ2v) is 12.6. The molecule has 0 unspecified atom stereocenters. The molecular formula is C46H33N. The van der Waals surface area contributed by atoms with Crippen molar-refractivity contribution in [1.29, 1.82) is 0 Å². The maximum Gasteiger partial charge on any atom is 0.0519 e. The fourth-order valence-corrected chi connectivity index (χ4v) is 7.70. The van der Waals surface area contributed by atoms with E-state index >= 15 is 0 Å². The smallest absolute Gasteiger partial charge is 0.0519 e. The van der Waals surface area contributed by atoms with E-state index in [1.807, 2.05) is 0 Å². The van der Waals surface area contributed by atoms with Gasteiger partial charge in [-0.1, -0.05) is 127 Å². The number of para-hydroxylation sites is 2. The van der Waals surface area contributed by atoms with Crippen molar-refractivity contribution in [3.05, 3.63) is 175 Å². The van der Waals surface area contributed by atoms with E-state index in [4.69, 9.17) is 0 Å².